The molecule has 17 heavy (non-hydrogen) atoms. The Morgan fingerprint density at radius 3 is 2.76 bits per heavy atom. The Bertz CT molecular complexity index is 585. The fourth-order valence-electron chi connectivity index (χ4n) is 1.48. The number of anilines is 1. The van der Waals surface area contributed by atoms with Gasteiger partial charge in [-0.05, 0) is 19.1 Å². The van der Waals surface area contributed by atoms with Gasteiger partial charge in [0.05, 0.1) is 4.92 Å². The molecule has 0 amide bonds. The maximum atomic E-state index is 10.9. The van der Waals surface area contributed by atoms with Crippen LogP contribution in [-0.2, 0) is 0 Å². The maximum Gasteiger partial charge on any atom is 0.337 e. The van der Waals surface area contributed by atoms with Crippen LogP contribution in [0.3, 0.4) is 0 Å². The maximum absolute atomic E-state index is 10.9. The average Bonchev–Trinajstić information content (AvgIpc) is 2.28. The summed E-state index contributed by atoms with van der Waals surface area (Å²) in [4.78, 5) is 21.9. The third-order valence-corrected chi connectivity index (χ3v) is 2.20. The van der Waals surface area contributed by atoms with Crippen molar-refractivity contribution >= 4 is 11.5 Å². The SMILES string of the molecule is Cc1cc(-c2ncnc(N)c2[N+](=O)[O-])ccn1. The lowest BCUT2D eigenvalue weighted by Gasteiger charge is -2.03. The van der Waals surface area contributed by atoms with E-state index < -0.39 is 4.92 Å². The van der Waals surface area contributed by atoms with Crippen molar-refractivity contribution in [2.45, 2.75) is 6.92 Å². The molecule has 0 fully saturated rings. The zero-order chi connectivity index (χ0) is 12.4. The summed E-state index contributed by atoms with van der Waals surface area (Å²) in [6.45, 7) is 1.79. The van der Waals surface area contributed by atoms with E-state index in [9.17, 15) is 10.1 Å². The minimum Gasteiger partial charge on any atom is -0.378 e. The van der Waals surface area contributed by atoms with Crippen LogP contribution in [0.5, 0.6) is 0 Å². The number of hydrogen-bond donors (Lipinski definition) is 1. The van der Waals surface area contributed by atoms with Crippen LogP contribution in [0.25, 0.3) is 11.3 Å². The number of nitro groups is 1. The molecule has 0 atom stereocenters. The molecule has 2 aromatic rings. The number of nitrogens with two attached hydrogens (primary N) is 1. The van der Waals surface area contributed by atoms with Crippen molar-refractivity contribution in [1.29, 1.82) is 0 Å². The summed E-state index contributed by atoms with van der Waals surface area (Å²) in [6.07, 6.45) is 2.76. The Kier molecular flexibility index (Phi) is 2.65. The van der Waals surface area contributed by atoms with Gasteiger partial charge in [-0.25, -0.2) is 9.97 Å². The van der Waals surface area contributed by atoms with E-state index in [1.165, 1.54) is 6.33 Å². The Morgan fingerprint density at radius 2 is 2.12 bits per heavy atom. The number of aromatic nitrogens is 3. The molecule has 7 heteroatoms. The Hall–Kier alpha value is -2.57. The van der Waals surface area contributed by atoms with Crippen LogP contribution in [0.2, 0.25) is 0 Å². The summed E-state index contributed by atoms with van der Waals surface area (Å²) in [7, 11) is 0. The summed E-state index contributed by atoms with van der Waals surface area (Å²) >= 11 is 0. The lowest BCUT2D eigenvalue weighted by molar-refractivity contribution is -0.383. The molecular weight excluding hydrogens is 222 g/mol. The Morgan fingerprint density at radius 1 is 1.35 bits per heavy atom. The fourth-order valence-corrected chi connectivity index (χ4v) is 1.48. The number of nitrogen functional groups attached to an aromatic ring is 1. The van der Waals surface area contributed by atoms with Crippen molar-refractivity contribution in [2.24, 2.45) is 0 Å². The van der Waals surface area contributed by atoms with Crippen molar-refractivity contribution in [2.75, 3.05) is 5.73 Å². The summed E-state index contributed by atoms with van der Waals surface area (Å²) in [5.41, 5.74) is 6.75. The predicted molar refractivity (Wildman–Crippen MR) is 61.1 cm³/mol. The molecule has 2 N–H and O–H groups in total. The lowest BCUT2D eigenvalue weighted by Crippen LogP contribution is -2.02. The van der Waals surface area contributed by atoms with Crippen LogP contribution < -0.4 is 5.73 Å². The third-order valence-electron chi connectivity index (χ3n) is 2.20. The highest BCUT2D eigenvalue weighted by Crippen LogP contribution is 2.30. The van der Waals surface area contributed by atoms with E-state index in [2.05, 4.69) is 15.0 Å². The Balaban J connectivity index is 2.67. The summed E-state index contributed by atoms with van der Waals surface area (Å²) in [6, 6.07) is 3.34. The van der Waals surface area contributed by atoms with Crippen molar-refractivity contribution in [1.82, 2.24) is 15.0 Å². The molecule has 2 aromatic heterocycles. The molecule has 0 aliphatic rings. The van der Waals surface area contributed by atoms with Crippen LogP contribution in [0.15, 0.2) is 24.7 Å². The van der Waals surface area contributed by atoms with Crippen LogP contribution in [0.1, 0.15) is 5.69 Å². The largest absolute Gasteiger partial charge is 0.378 e. The van der Waals surface area contributed by atoms with Crippen LogP contribution in [0.4, 0.5) is 11.5 Å². The summed E-state index contributed by atoms with van der Waals surface area (Å²) in [5, 5.41) is 10.9. The normalized spacial score (nSPS) is 10.2. The molecule has 0 saturated carbocycles. The topological polar surface area (TPSA) is 108 Å². The number of aryl methyl sites for hydroxylation is 1. The highest BCUT2D eigenvalue weighted by Gasteiger charge is 2.21. The van der Waals surface area contributed by atoms with Gasteiger partial charge in [0.25, 0.3) is 0 Å². The zero-order valence-electron chi connectivity index (χ0n) is 8.99. The minimum absolute atomic E-state index is 0.144. The molecule has 0 bridgehead atoms. The average molecular weight is 231 g/mol. The zero-order valence-corrected chi connectivity index (χ0v) is 8.99. The molecule has 2 heterocycles. The second-order valence-corrected chi connectivity index (χ2v) is 3.40. The van der Waals surface area contributed by atoms with Gasteiger partial charge in [-0.15, -0.1) is 0 Å². The minimum atomic E-state index is -0.583. The molecule has 7 nitrogen and oxygen atoms in total. The molecule has 2 rings (SSSR count). The number of pyridine rings is 1. The molecular formula is C10H9N5O2. The lowest BCUT2D eigenvalue weighted by atomic mass is 10.1. The fraction of sp³-hybridized carbons (Fsp3) is 0.100. The molecule has 0 saturated heterocycles. The first kappa shape index (κ1) is 10.9. The van der Waals surface area contributed by atoms with Crippen molar-refractivity contribution in [3.8, 4) is 11.3 Å². The molecule has 86 valence electrons. The van der Waals surface area contributed by atoms with Crippen LogP contribution >= 0.6 is 0 Å². The summed E-state index contributed by atoms with van der Waals surface area (Å²) < 4.78 is 0. The molecule has 0 radical (unpaired) electrons. The number of nitrogens with zero attached hydrogens (tertiary/aromatic N) is 4. The van der Waals surface area contributed by atoms with Gasteiger partial charge < -0.3 is 5.73 Å². The second-order valence-electron chi connectivity index (χ2n) is 3.40. The van der Waals surface area contributed by atoms with E-state index in [0.29, 0.717) is 5.56 Å². The van der Waals surface area contributed by atoms with Gasteiger partial charge >= 0.3 is 5.69 Å². The van der Waals surface area contributed by atoms with Gasteiger partial charge in [0.1, 0.15) is 6.33 Å². The quantitative estimate of drug-likeness (QED) is 0.617. The van der Waals surface area contributed by atoms with Crippen molar-refractivity contribution < 1.29 is 4.92 Å². The van der Waals surface area contributed by atoms with Gasteiger partial charge in [-0.1, -0.05) is 0 Å². The predicted octanol–water partition coefficient (Wildman–Crippen LogP) is 1.34. The first-order chi connectivity index (χ1) is 8.09. The van der Waals surface area contributed by atoms with E-state index in [1.807, 2.05) is 0 Å². The van der Waals surface area contributed by atoms with Gasteiger partial charge in [-0.3, -0.25) is 15.1 Å². The Labute approximate surface area is 96.5 Å². The smallest absolute Gasteiger partial charge is 0.337 e. The highest BCUT2D eigenvalue weighted by atomic mass is 16.6. The standard InChI is InChI=1S/C10H9N5O2/c1-6-4-7(2-3-12-6)8-9(15(16)17)10(11)14-5-13-8/h2-5H,1H3,(H2,11,13,14). The first-order valence-corrected chi connectivity index (χ1v) is 4.77. The van der Waals surface area contributed by atoms with E-state index >= 15 is 0 Å². The number of hydrogen-bond acceptors (Lipinski definition) is 6. The third kappa shape index (κ3) is 2.03. The molecule has 0 unspecified atom stereocenters. The molecule has 0 aliphatic heterocycles. The van der Waals surface area contributed by atoms with Crippen LogP contribution in [-0.4, -0.2) is 19.9 Å². The second kappa shape index (κ2) is 4.12. The molecule has 0 aliphatic carbocycles. The van der Waals surface area contributed by atoms with E-state index in [1.54, 1.807) is 25.3 Å². The monoisotopic (exact) mass is 231 g/mol. The summed E-state index contributed by atoms with van der Waals surface area (Å²) in [5.74, 6) is -0.144. The number of rotatable bonds is 2. The van der Waals surface area contributed by atoms with Gasteiger partial charge in [-0.2, -0.15) is 0 Å². The van der Waals surface area contributed by atoms with E-state index in [-0.39, 0.29) is 17.2 Å². The van der Waals surface area contributed by atoms with Gasteiger partial charge in [0.15, 0.2) is 5.69 Å². The molecule has 0 spiro atoms. The van der Waals surface area contributed by atoms with Crippen molar-refractivity contribution in [3.05, 3.63) is 40.5 Å². The van der Waals surface area contributed by atoms with E-state index in [4.69, 9.17) is 5.73 Å². The van der Waals surface area contributed by atoms with Crippen molar-refractivity contribution in [3.63, 3.8) is 0 Å². The molecule has 0 aromatic carbocycles. The van der Waals surface area contributed by atoms with Gasteiger partial charge in [0.2, 0.25) is 5.82 Å². The van der Waals surface area contributed by atoms with Crippen LogP contribution in [0, 0.1) is 17.0 Å². The first-order valence-electron chi connectivity index (χ1n) is 4.77. The van der Waals surface area contributed by atoms with Gasteiger partial charge in [0, 0.05) is 17.5 Å². The van der Waals surface area contributed by atoms with E-state index in [0.717, 1.165) is 5.69 Å². The highest BCUT2D eigenvalue weighted by molar-refractivity contribution is 5.75.